The molecule has 1 heterocycles. The average Bonchev–Trinajstić information content (AvgIpc) is 3.20. The van der Waals surface area contributed by atoms with E-state index in [-0.39, 0.29) is 23.0 Å². The van der Waals surface area contributed by atoms with Gasteiger partial charge in [0.2, 0.25) is 5.91 Å². The first-order valence-electron chi connectivity index (χ1n) is 13.1. The molecular weight excluding hydrogens is 445 g/mol. The Labute approximate surface area is 209 Å². The van der Waals surface area contributed by atoms with Crippen molar-refractivity contribution in [2.24, 2.45) is 17.3 Å². The van der Waals surface area contributed by atoms with Crippen LogP contribution in [0.15, 0.2) is 18.2 Å². The minimum Gasteiger partial charge on any atom is -0.496 e. The third kappa shape index (κ3) is 4.71. The van der Waals surface area contributed by atoms with Gasteiger partial charge < -0.3 is 24.1 Å². The van der Waals surface area contributed by atoms with Crippen molar-refractivity contribution in [3.8, 4) is 5.75 Å². The lowest BCUT2D eigenvalue weighted by Gasteiger charge is -2.64. The van der Waals surface area contributed by atoms with E-state index in [9.17, 15) is 9.59 Å². The number of unbranched alkanes of at least 4 members (excludes halogenated alkanes) is 1. The fourth-order valence-corrected chi connectivity index (χ4v) is 6.37. The Balaban J connectivity index is 1.57. The summed E-state index contributed by atoms with van der Waals surface area (Å²) in [5.74, 6) is 0.662. The molecular formula is C27H40BNO6. The van der Waals surface area contributed by atoms with Crippen LogP contribution in [0, 0.1) is 17.3 Å². The number of carbonyl (C=O) groups is 2. The van der Waals surface area contributed by atoms with Crippen molar-refractivity contribution in [2.75, 3.05) is 13.7 Å². The van der Waals surface area contributed by atoms with E-state index in [0.29, 0.717) is 42.6 Å². The molecule has 1 N–H and O–H groups in total. The molecule has 0 spiro atoms. The lowest BCUT2D eigenvalue weighted by Crippen LogP contribution is -2.65. The SMILES string of the molecule is CCCCOC(=O)c1cccc(CC(NC(=O)CC)B2OC3CC4CC(C4(C)C)C3(C)O2)c1OC. The largest absolute Gasteiger partial charge is 0.496 e. The van der Waals surface area contributed by atoms with Crippen molar-refractivity contribution in [1.29, 1.82) is 0 Å². The van der Waals surface area contributed by atoms with Crippen LogP contribution in [-0.2, 0) is 25.3 Å². The van der Waals surface area contributed by atoms with Gasteiger partial charge in [-0.05, 0) is 61.5 Å². The smallest absolute Gasteiger partial charge is 0.482 e. The molecule has 1 aromatic rings. The van der Waals surface area contributed by atoms with Gasteiger partial charge in [-0.1, -0.05) is 46.2 Å². The first-order valence-corrected chi connectivity index (χ1v) is 13.1. The Kier molecular flexibility index (Phi) is 7.53. The van der Waals surface area contributed by atoms with Gasteiger partial charge in [0.15, 0.2) is 0 Å². The van der Waals surface area contributed by atoms with E-state index in [1.165, 1.54) is 0 Å². The van der Waals surface area contributed by atoms with Crippen molar-refractivity contribution in [3.63, 3.8) is 0 Å². The minimum absolute atomic E-state index is 0.0204. The third-order valence-electron chi connectivity index (χ3n) is 8.66. The molecule has 1 saturated heterocycles. The van der Waals surface area contributed by atoms with Crippen LogP contribution in [0.4, 0.5) is 0 Å². The van der Waals surface area contributed by atoms with Gasteiger partial charge in [-0.15, -0.1) is 0 Å². The van der Waals surface area contributed by atoms with Gasteiger partial charge in [0.25, 0.3) is 0 Å². The number of hydrogen-bond donors (Lipinski definition) is 1. The summed E-state index contributed by atoms with van der Waals surface area (Å²) in [6, 6.07) is 5.45. The highest BCUT2D eigenvalue weighted by Gasteiger charge is 2.68. The van der Waals surface area contributed by atoms with E-state index >= 15 is 0 Å². The second-order valence-electron chi connectivity index (χ2n) is 11.1. The highest BCUT2D eigenvalue weighted by atomic mass is 16.7. The van der Waals surface area contributed by atoms with E-state index in [0.717, 1.165) is 31.2 Å². The van der Waals surface area contributed by atoms with Crippen LogP contribution in [0.3, 0.4) is 0 Å². The summed E-state index contributed by atoms with van der Waals surface area (Å²) in [4.78, 5) is 25.2. The van der Waals surface area contributed by atoms with Gasteiger partial charge in [0.1, 0.15) is 11.3 Å². The number of amides is 1. The van der Waals surface area contributed by atoms with E-state index in [2.05, 4.69) is 26.1 Å². The predicted molar refractivity (Wildman–Crippen MR) is 134 cm³/mol. The average molecular weight is 485 g/mol. The van der Waals surface area contributed by atoms with Gasteiger partial charge in [0.05, 0.1) is 31.4 Å². The fourth-order valence-electron chi connectivity index (χ4n) is 6.37. The topological polar surface area (TPSA) is 83.1 Å². The lowest BCUT2D eigenvalue weighted by molar-refractivity contribution is -0.199. The molecule has 4 fully saturated rings. The molecule has 3 saturated carbocycles. The zero-order valence-corrected chi connectivity index (χ0v) is 22.0. The minimum atomic E-state index is -0.569. The molecule has 4 aliphatic rings. The van der Waals surface area contributed by atoms with Crippen molar-refractivity contribution in [2.45, 2.75) is 90.8 Å². The van der Waals surface area contributed by atoms with Crippen LogP contribution in [0.2, 0.25) is 0 Å². The predicted octanol–water partition coefficient (Wildman–Crippen LogP) is 4.36. The Morgan fingerprint density at radius 1 is 1.23 bits per heavy atom. The van der Waals surface area contributed by atoms with E-state index in [4.69, 9.17) is 18.8 Å². The summed E-state index contributed by atoms with van der Waals surface area (Å²) in [5, 5.41) is 3.11. The number of hydrogen-bond acceptors (Lipinski definition) is 6. The Morgan fingerprint density at radius 2 is 2.00 bits per heavy atom. The van der Waals surface area contributed by atoms with Gasteiger partial charge in [-0.2, -0.15) is 0 Å². The fraction of sp³-hybridized carbons (Fsp3) is 0.704. The van der Waals surface area contributed by atoms with Crippen LogP contribution >= 0.6 is 0 Å². The molecule has 1 aromatic carbocycles. The summed E-state index contributed by atoms with van der Waals surface area (Å²) in [6.45, 7) is 11.1. The maximum absolute atomic E-state index is 12.7. The summed E-state index contributed by atoms with van der Waals surface area (Å²) < 4.78 is 24.3. The zero-order chi connectivity index (χ0) is 25.4. The molecule has 3 aliphatic carbocycles. The van der Waals surface area contributed by atoms with E-state index in [1.54, 1.807) is 13.2 Å². The summed E-state index contributed by atoms with van der Waals surface area (Å²) in [7, 11) is 0.981. The summed E-state index contributed by atoms with van der Waals surface area (Å²) >= 11 is 0. The molecule has 1 amide bonds. The van der Waals surface area contributed by atoms with E-state index < -0.39 is 19.0 Å². The lowest BCUT2D eigenvalue weighted by atomic mass is 9.43. The van der Waals surface area contributed by atoms with Crippen molar-refractivity contribution < 1.29 is 28.4 Å². The van der Waals surface area contributed by atoms with Crippen molar-refractivity contribution >= 4 is 19.0 Å². The standard InChI is InChI=1S/C27H40BNO6/c1-7-9-13-33-25(31)19-12-10-11-17(24(19)32-6)14-22(29-23(30)8-2)28-34-21-16-18-15-20(26(18,3)4)27(21,5)35-28/h10-12,18,20-22H,7-9,13-16H2,1-6H3,(H,29,30). The van der Waals surface area contributed by atoms with Gasteiger partial charge in [-0.25, -0.2) is 4.79 Å². The molecule has 5 rings (SSSR count). The Morgan fingerprint density at radius 3 is 2.66 bits per heavy atom. The molecule has 2 bridgehead atoms. The Bertz CT molecular complexity index is 952. The number of nitrogens with one attached hydrogen (secondary N) is 1. The molecule has 5 atom stereocenters. The van der Waals surface area contributed by atoms with Crippen molar-refractivity contribution in [3.05, 3.63) is 29.3 Å². The normalized spacial score (nSPS) is 29.1. The highest BCUT2D eigenvalue weighted by Crippen LogP contribution is 2.65. The molecule has 1 aliphatic heterocycles. The number of ether oxygens (including phenoxy) is 2. The quantitative estimate of drug-likeness (QED) is 0.301. The first kappa shape index (κ1) is 26.0. The summed E-state index contributed by atoms with van der Waals surface area (Å²) in [5.41, 5.74) is 1.06. The number of para-hydroxylation sites is 1. The maximum atomic E-state index is 12.7. The number of rotatable bonds is 10. The van der Waals surface area contributed by atoms with Crippen LogP contribution in [-0.4, -0.2) is 50.4 Å². The van der Waals surface area contributed by atoms with Crippen molar-refractivity contribution in [1.82, 2.24) is 5.32 Å². The third-order valence-corrected chi connectivity index (χ3v) is 8.66. The Hall–Kier alpha value is -2.06. The summed E-state index contributed by atoms with van der Waals surface area (Å²) in [6.07, 6.45) is 4.70. The molecule has 8 heteroatoms. The highest BCUT2D eigenvalue weighted by molar-refractivity contribution is 6.48. The van der Waals surface area contributed by atoms with Gasteiger partial charge in [0, 0.05) is 6.42 Å². The van der Waals surface area contributed by atoms with Crippen LogP contribution in [0.5, 0.6) is 5.75 Å². The second-order valence-corrected chi connectivity index (χ2v) is 11.1. The number of benzene rings is 1. The maximum Gasteiger partial charge on any atom is 0.482 e. The second kappa shape index (κ2) is 10.1. The van der Waals surface area contributed by atoms with Crippen LogP contribution in [0.25, 0.3) is 0 Å². The monoisotopic (exact) mass is 485 g/mol. The molecule has 35 heavy (non-hydrogen) atoms. The van der Waals surface area contributed by atoms with Crippen LogP contribution < -0.4 is 10.1 Å². The molecule has 0 radical (unpaired) electrons. The molecule has 7 nitrogen and oxygen atoms in total. The first-order chi connectivity index (χ1) is 16.6. The zero-order valence-electron chi connectivity index (χ0n) is 22.0. The molecule has 0 aromatic heterocycles. The van der Waals surface area contributed by atoms with Crippen LogP contribution in [0.1, 0.15) is 82.6 Å². The number of methoxy groups -OCH3 is 1. The van der Waals surface area contributed by atoms with E-state index in [1.807, 2.05) is 26.0 Å². The van der Waals surface area contributed by atoms with Gasteiger partial charge in [-0.3, -0.25) is 4.79 Å². The van der Waals surface area contributed by atoms with Gasteiger partial charge >= 0.3 is 13.1 Å². The molecule has 5 unspecified atom stereocenters. The molecule has 192 valence electrons. The number of esters is 1. The number of carbonyl (C=O) groups excluding carboxylic acids is 2.